The second-order valence-corrected chi connectivity index (χ2v) is 4.57. The Balaban J connectivity index is 3.68. The monoisotopic (exact) mass is 230 g/mol. The van der Waals surface area contributed by atoms with Crippen LogP contribution in [0.4, 0.5) is 0 Å². The number of hydrogen-bond donors (Lipinski definition) is 1. The molecule has 0 fully saturated rings. The first-order valence-electron chi connectivity index (χ1n) is 6.02. The highest BCUT2D eigenvalue weighted by molar-refractivity contribution is 5.69. The Bertz CT molecular complexity index is 195. The molecule has 1 N–H and O–H groups in total. The van der Waals surface area contributed by atoms with Gasteiger partial charge in [0, 0.05) is 12.1 Å². The molecule has 4 heteroatoms. The minimum Gasteiger partial charge on any atom is -0.466 e. The van der Waals surface area contributed by atoms with Gasteiger partial charge < -0.3 is 15.0 Å². The van der Waals surface area contributed by atoms with E-state index < -0.39 is 0 Å². The quantitative estimate of drug-likeness (QED) is 0.637. The van der Waals surface area contributed by atoms with Gasteiger partial charge in [-0.3, -0.25) is 4.79 Å². The van der Waals surface area contributed by atoms with E-state index in [1.54, 1.807) is 0 Å². The minimum atomic E-state index is -0.123. The number of hydrogen-bond acceptors (Lipinski definition) is 4. The highest BCUT2D eigenvalue weighted by Crippen LogP contribution is 1.99. The molecule has 0 saturated heterocycles. The van der Waals surface area contributed by atoms with Crippen molar-refractivity contribution in [3.8, 4) is 0 Å². The highest BCUT2D eigenvalue weighted by atomic mass is 16.5. The van der Waals surface area contributed by atoms with Crippen LogP contribution >= 0.6 is 0 Å². The molecule has 4 nitrogen and oxygen atoms in total. The molecule has 0 spiro atoms. The van der Waals surface area contributed by atoms with E-state index in [4.69, 9.17) is 4.74 Å². The number of carbonyl (C=O) groups excluding carboxylic acids is 1. The second-order valence-electron chi connectivity index (χ2n) is 4.57. The van der Waals surface area contributed by atoms with Crippen LogP contribution in [0.25, 0.3) is 0 Å². The highest BCUT2D eigenvalue weighted by Gasteiger charge is 2.12. The van der Waals surface area contributed by atoms with E-state index in [2.05, 4.69) is 31.2 Å². The molecule has 16 heavy (non-hydrogen) atoms. The van der Waals surface area contributed by atoms with Crippen molar-refractivity contribution in [3.63, 3.8) is 0 Å². The van der Waals surface area contributed by atoms with E-state index in [1.807, 2.05) is 13.8 Å². The van der Waals surface area contributed by atoms with Crippen LogP contribution in [0, 0.1) is 0 Å². The van der Waals surface area contributed by atoms with Gasteiger partial charge in [0.2, 0.25) is 0 Å². The fourth-order valence-corrected chi connectivity index (χ4v) is 1.55. The van der Waals surface area contributed by atoms with Gasteiger partial charge in [-0.2, -0.15) is 0 Å². The largest absolute Gasteiger partial charge is 0.466 e. The lowest BCUT2D eigenvalue weighted by Crippen LogP contribution is -2.37. The van der Waals surface area contributed by atoms with Crippen LogP contribution in [-0.2, 0) is 9.53 Å². The molecule has 2 unspecified atom stereocenters. The summed E-state index contributed by atoms with van der Waals surface area (Å²) in [4.78, 5) is 13.4. The molecule has 2 atom stereocenters. The molecule has 0 aliphatic heterocycles. The molecule has 0 aromatic heterocycles. The van der Waals surface area contributed by atoms with Crippen molar-refractivity contribution in [3.05, 3.63) is 0 Å². The van der Waals surface area contributed by atoms with Crippen molar-refractivity contribution in [1.82, 2.24) is 10.2 Å². The van der Waals surface area contributed by atoms with Crippen LogP contribution in [0.3, 0.4) is 0 Å². The lowest BCUT2D eigenvalue weighted by atomic mass is 10.1. The minimum absolute atomic E-state index is 0.123. The van der Waals surface area contributed by atoms with Gasteiger partial charge in [0.15, 0.2) is 0 Å². The number of ether oxygens (including phenoxy) is 1. The molecule has 0 radical (unpaired) electrons. The maximum atomic E-state index is 11.2. The van der Waals surface area contributed by atoms with Crippen LogP contribution in [0.15, 0.2) is 0 Å². The van der Waals surface area contributed by atoms with E-state index in [1.165, 1.54) is 0 Å². The number of esters is 1. The number of carbonyl (C=O) groups is 1. The zero-order chi connectivity index (χ0) is 12.6. The van der Waals surface area contributed by atoms with E-state index in [0.29, 0.717) is 19.1 Å². The lowest BCUT2D eigenvalue weighted by Gasteiger charge is -2.20. The predicted octanol–water partition coefficient (Wildman–Crippen LogP) is 1.26. The van der Waals surface area contributed by atoms with E-state index in [9.17, 15) is 4.79 Å². The summed E-state index contributed by atoms with van der Waals surface area (Å²) in [5.74, 6) is -0.123. The first-order chi connectivity index (χ1) is 7.45. The first kappa shape index (κ1) is 15.4. The van der Waals surface area contributed by atoms with Gasteiger partial charge in [-0.1, -0.05) is 0 Å². The third-order valence-corrected chi connectivity index (χ3v) is 2.36. The fraction of sp³-hybridized carbons (Fsp3) is 0.917. The van der Waals surface area contributed by atoms with Crippen molar-refractivity contribution in [2.45, 2.75) is 45.7 Å². The topological polar surface area (TPSA) is 41.6 Å². The third kappa shape index (κ3) is 8.68. The molecule has 0 amide bonds. The van der Waals surface area contributed by atoms with Gasteiger partial charge in [-0.05, 0) is 47.8 Å². The van der Waals surface area contributed by atoms with Crippen LogP contribution in [0.1, 0.15) is 33.6 Å². The summed E-state index contributed by atoms with van der Waals surface area (Å²) < 4.78 is 4.91. The molecule has 0 aromatic carbocycles. The average Bonchev–Trinajstić information content (AvgIpc) is 2.14. The van der Waals surface area contributed by atoms with Crippen LogP contribution in [0.2, 0.25) is 0 Å². The Hall–Kier alpha value is -0.610. The summed E-state index contributed by atoms with van der Waals surface area (Å²) in [5, 5.41) is 3.40. The van der Waals surface area contributed by atoms with Crippen molar-refractivity contribution in [2.75, 3.05) is 27.2 Å². The maximum absolute atomic E-state index is 11.2. The lowest BCUT2D eigenvalue weighted by molar-refractivity contribution is -0.143. The average molecular weight is 230 g/mol. The molecule has 0 aromatic rings. The smallest absolute Gasteiger partial charge is 0.307 e. The standard InChI is InChI=1S/C12H26N2O2/c1-6-16-12(15)9-11(3)13-10(2)7-8-14(4)5/h10-11,13H,6-9H2,1-5H3. The summed E-state index contributed by atoms with van der Waals surface area (Å²) in [6.07, 6.45) is 1.53. The molecule has 0 bridgehead atoms. The Morgan fingerprint density at radius 3 is 2.44 bits per heavy atom. The summed E-state index contributed by atoms with van der Waals surface area (Å²) in [6.45, 7) is 7.51. The van der Waals surface area contributed by atoms with Gasteiger partial charge in [0.25, 0.3) is 0 Å². The van der Waals surface area contributed by atoms with Crippen LogP contribution in [-0.4, -0.2) is 50.2 Å². The zero-order valence-electron chi connectivity index (χ0n) is 11.2. The van der Waals surface area contributed by atoms with Gasteiger partial charge in [0.05, 0.1) is 13.0 Å². The summed E-state index contributed by atoms with van der Waals surface area (Å²) in [6, 6.07) is 0.600. The van der Waals surface area contributed by atoms with Gasteiger partial charge in [-0.25, -0.2) is 0 Å². The van der Waals surface area contributed by atoms with E-state index in [-0.39, 0.29) is 12.0 Å². The first-order valence-corrected chi connectivity index (χ1v) is 6.02. The van der Waals surface area contributed by atoms with Crippen LogP contribution in [0.5, 0.6) is 0 Å². The summed E-state index contributed by atoms with van der Waals surface area (Å²) >= 11 is 0. The van der Waals surface area contributed by atoms with Gasteiger partial charge in [-0.15, -0.1) is 0 Å². The van der Waals surface area contributed by atoms with Crippen LogP contribution < -0.4 is 5.32 Å². The van der Waals surface area contributed by atoms with Crippen molar-refractivity contribution >= 4 is 5.97 Å². The predicted molar refractivity (Wildman–Crippen MR) is 66.5 cm³/mol. The Morgan fingerprint density at radius 2 is 1.94 bits per heavy atom. The third-order valence-electron chi connectivity index (χ3n) is 2.36. The maximum Gasteiger partial charge on any atom is 0.307 e. The second kappa shape index (κ2) is 8.53. The SMILES string of the molecule is CCOC(=O)CC(C)NC(C)CCN(C)C. The van der Waals surface area contributed by atoms with Gasteiger partial charge in [0.1, 0.15) is 0 Å². The number of rotatable bonds is 8. The van der Waals surface area contributed by atoms with Gasteiger partial charge >= 0.3 is 5.97 Å². The molecule has 0 rings (SSSR count). The molecule has 0 aliphatic carbocycles. The number of nitrogens with one attached hydrogen (secondary N) is 1. The van der Waals surface area contributed by atoms with Crippen molar-refractivity contribution in [1.29, 1.82) is 0 Å². The van der Waals surface area contributed by atoms with E-state index in [0.717, 1.165) is 13.0 Å². The Labute approximate surface area is 99.3 Å². The molecule has 0 saturated carbocycles. The molecule has 0 heterocycles. The normalized spacial score (nSPS) is 14.9. The Kier molecular flexibility index (Phi) is 8.21. The summed E-state index contributed by atoms with van der Waals surface area (Å²) in [7, 11) is 4.13. The van der Waals surface area contributed by atoms with E-state index >= 15 is 0 Å². The fourth-order valence-electron chi connectivity index (χ4n) is 1.55. The molecular formula is C12H26N2O2. The number of nitrogens with zero attached hydrogens (tertiary/aromatic N) is 1. The summed E-state index contributed by atoms with van der Waals surface area (Å²) in [5.41, 5.74) is 0. The zero-order valence-corrected chi connectivity index (χ0v) is 11.2. The molecular weight excluding hydrogens is 204 g/mol. The van der Waals surface area contributed by atoms with Crippen molar-refractivity contribution < 1.29 is 9.53 Å². The molecule has 96 valence electrons. The van der Waals surface area contributed by atoms with Crippen molar-refractivity contribution in [2.24, 2.45) is 0 Å². The molecule has 0 aliphatic rings. The Morgan fingerprint density at radius 1 is 1.31 bits per heavy atom.